The molecule has 0 unspecified atom stereocenters. The van der Waals surface area contributed by atoms with Gasteiger partial charge in [0.25, 0.3) is 0 Å². The van der Waals surface area contributed by atoms with Crippen molar-refractivity contribution in [3.8, 4) is 11.5 Å². The van der Waals surface area contributed by atoms with Crippen LogP contribution >= 0.6 is 23.1 Å². The lowest BCUT2D eigenvalue weighted by Crippen LogP contribution is -2.31. The van der Waals surface area contributed by atoms with Crippen molar-refractivity contribution < 1.29 is 29.6 Å². The molecule has 1 amide bonds. The van der Waals surface area contributed by atoms with Crippen molar-refractivity contribution >= 4 is 34.0 Å². The van der Waals surface area contributed by atoms with Gasteiger partial charge in [0.15, 0.2) is 0 Å². The first-order valence-corrected chi connectivity index (χ1v) is 9.65. The summed E-state index contributed by atoms with van der Waals surface area (Å²) in [6.07, 6.45) is -4.82. The van der Waals surface area contributed by atoms with Crippen LogP contribution < -0.4 is 9.64 Å². The predicted molar refractivity (Wildman–Crippen MR) is 112 cm³/mol. The summed E-state index contributed by atoms with van der Waals surface area (Å²) < 4.78 is 86.5. The maximum absolute atomic E-state index is 13.1. The zero-order chi connectivity index (χ0) is 26.2. The van der Waals surface area contributed by atoms with Gasteiger partial charge in [-0.05, 0) is 67.3 Å². The standard InChI is InChI=1S/C21H18ClF3N2O2S/c1-3-27(20-19(22)13(2)26-30-20)18(28)12-14-4-8-16(9-5-14)29-17-10-6-15(7-11-17)21(23,24)25/h4-11H,3,12H2,1-2H3/i1D3,3D2. The summed E-state index contributed by atoms with van der Waals surface area (Å²) in [6, 6.07) is 10.1. The first-order valence-electron chi connectivity index (χ1n) is 11.0. The third-order valence-electron chi connectivity index (χ3n) is 4.03. The van der Waals surface area contributed by atoms with E-state index in [9.17, 15) is 18.0 Å². The molecule has 0 N–H and O–H groups in total. The number of halogens is 4. The van der Waals surface area contributed by atoms with Crippen molar-refractivity contribution in [1.29, 1.82) is 0 Å². The van der Waals surface area contributed by atoms with Crippen LogP contribution in [0.5, 0.6) is 11.5 Å². The zero-order valence-corrected chi connectivity index (χ0v) is 17.0. The normalized spacial score (nSPS) is 14.8. The summed E-state index contributed by atoms with van der Waals surface area (Å²) in [6.45, 7) is -4.67. The lowest BCUT2D eigenvalue weighted by Gasteiger charge is -2.19. The lowest BCUT2D eigenvalue weighted by atomic mass is 10.1. The molecule has 1 aromatic heterocycles. The molecule has 9 heteroatoms. The number of aryl methyl sites for hydroxylation is 1. The van der Waals surface area contributed by atoms with Gasteiger partial charge in [-0.25, -0.2) is 0 Å². The molecule has 0 saturated carbocycles. The second-order valence-electron chi connectivity index (χ2n) is 6.17. The fourth-order valence-corrected chi connectivity index (χ4v) is 3.54. The van der Waals surface area contributed by atoms with Crippen LogP contribution in [0.15, 0.2) is 48.5 Å². The molecule has 1 heterocycles. The Labute approximate surface area is 188 Å². The Morgan fingerprint density at radius 1 is 1.20 bits per heavy atom. The van der Waals surface area contributed by atoms with Gasteiger partial charge < -0.3 is 9.64 Å². The highest BCUT2D eigenvalue weighted by molar-refractivity contribution is 7.11. The van der Waals surface area contributed by atoms with E-state index in [0.717, 1.165) is 12.1 Å². The molecule has 0 bridgehead atoms. The average Bonchev–Trinajstić information content (AvgIpc) is 3.07. The minimum Gasteiger partial charge on any atom is -0.457 e. The van der Waals surface area contributed by atoms with Gasteiger partial charge in [-0.1, -0.05) is 23.7 Å². The van der Waals surface area contributed by atoms with Crippen LogP contribution in [0, 0.1) is 6.92 Å². The van der Waals surface area contributed by atoms with E-state index in [-0.39, 0.29) is 27.9 Å². The van der Waals surface area contributed by atoms with Gasteiger partial charge in [0.05, 0.1) is 22.7 Å². The number of hydrogen-bond donors (Lipinski definition) is 0. The fraction of sp³-hybridized carbons (Fsp3) is 0.238. The van der Waals surface area contributed by atoms with Crippen LogP contribution in [0.25, 0.3) is 0 Å². The Balaban J connectivity index is 1.79. The molecule has 0 spiro atoms. The predicted octanol–water partition coefficient (Wildman–Crippen LogP) is 6.51. The molecule has 30 heavy (non-hydrogen) atoms. The number of aromatic nitrogens is 1. The number of ether oxygens (including phenoxy) is 1. The van der Waals surface area contributed by atoms with Gasteiger partial charge in [-0.2, -0.15) is 17.5 Å². The summed E-state index contributed by atoms with van der Waals surface area (Å²) in [4.78, 5) is 13.6. The van der Waals surface area contributed by atoms with Crippen LogP contribution in [0.2, 0.25) is 5.02 Å². The number of amides is 1. The molecule has 0 aliphatic heterocycles. The largest absolute Gasteiger partial charge is 0.457 e. The number of carbonyl (C=O) groups is 1. The Kier molecular flexibility index (Phi) is 4.88. The van der Waals surface area contributed by atoms with Crippen LogP contribution in [0.3, 0.4) is 0 Å². The van der Waals surface area contributed by atoms with E-state index in [1.165, 1.54) is 36.4 Å². The number of carbonyl (C=O) groups excluding carboxylic acids is 1. The number of benzene rings is 2. The molecule has 0 aliphatic carbocycles. The number of nitrogens with zero attached hydrogens (tertiary/aromatic N) is 2. The van der Waals surface area contributed by atoms with Crippen molar-refractivity contribution in [3.05, 3.63) is 70.4 Å². The summed E-state index contributed by atoms with van der Waals surface area (Å²) in [5, 5.41) is -0.130. The molecule has 4 nitrogen and oxygen atoms in total. The maximum atomic E-state index is 13.1. The van der Waals surface area contributed by atoms with Gasteiger partial charge in [-0.15, -0.1) is 0 Å². The van der Waals surface area contributed by atoms with E-state index in [1.807, 2.05) is 0 Å². The minimum atomic E-state index is -4.46. The van der Waals surface area contributed by atoms with Crippen LogP contribution in [-0.4, -0.2) is 16.8 Å². The minimum absolute atomic E-state index is 0.0169. The first-order chi connectivity index (χ1) is 16.1. The highest BCUT2D eigenvalue weighted by Gasteiger charge is 2.30. The van der Waals surface area contributed by atoms with Crippen LogP contribution in [0.4, 0.5) is 18.2 Å². The Morgan fingerprint density at radius 2 is 1.80 bits per heavy atom. The molecule has 3 aromatic rings. The van der Waals surface area contributed by atoms with Crippen LogP contribution in [-0.2, 0) is 17.4 Å². The summed E-state index contributed by atoms with van der Waals surface area (Å²) in [5.74, 6) is -0.390. The highest BCUT2D eigenvalue weighted by Crippen LogP contribution is 2.34. The Hall–Kier alpha value is -2.58. The van der Waals surface area contributed by atoms with Crippen LogP contribution in [0.1, 0.15) is 30.5 Å². The molecule has 2 aromatic carbocycles. The fourth-order valence-electron chi connectivity index (χ4n) is 2.49. The monoisotopic (exact) mass is 459 g/mol. The Morgan fingerprint density at radius 3 is 2.30 bits per heavy atom. The molecular weight excluding hydrogens is 437 g/mol. The summed E-state index contributed by atoms with van der Waals surface area (Å²) >= 11 is 6.88. The number of rotatable bonds is 6. The van der Waals surface area contributed by atoms with Crippen molar-refractivity contribution in [2.75, 3.05) is 11.4 Å². The number of anilines is 1. The number of alkyl halides is 3. The molecule has 0 saturated heterocycles. The van der Waals surface area contributed by atoms with E-state index in [1.54, 1.807) is 6.92 Å². The zero-order valence-electron chi connectivity index (χ0n) is 20.5. The Bertz CT molecular complexity index is 1200. The summed E-state index contributed by atoms with van der Waals surface area (Å²) in [7, 11) is 0. The molecule has 0 aliphatic rings. The van der Waals surface area contributed by atoms with Crippen molar-refractivity contribution in [2.24, 2.45) is 0 Å². The van der Waals surface area contributed by atoms with Crippen molar-refractivity contribution in [3.63, 3.8) is 0 Å². The molecule has 3 rings (SSSR count). The smallest absolute Gasteiger partial charge is 0.416 e. The molecule has 0 fully saturated rings. The van der Waals surface area contributed by atoms with Gasteiger partial charge in [-0.3, -0.25) is 4.79 Å². The third-order valence-corrected chi connectivity index (χ3v) is 5.52. The van der Waals surface area contributed by atoms with E-state index in [2.05, 4.69) is 4.37 Å². The SMILES string of the molecule is [2H]C([2H])([2H])C([2H])([2H])N(C(=O)Cc1ccc(Oc2ccc(C(F)(F)F)cc2)cc1)c1snc(C)c1Cl. The molecule has 0 radical (unpaired) electrons. The molecular formula is C21H18ClF3N2O2S. The number of hydrogen-bond acceptors (Lipinski definition) is 4. The van der Waals surface area contributed by atoms with E-state index < -0.39 is 31.0 Å². The first kappa shape index (κ1) is 16.2. The molecule has 0 atom stereocenters. The number of likely N-dealkylation sites (N-methyl/N-ethyl adjacent to an activating group) is 1. The van der Waals surface area contributed by atoms with Gasteiger partial charge in [0.1, 0.15) is 16.5 Å². The second-order valence-corrected chi connectivity index (χ2v) is 7.30. The topological polar surface area (TPSA) is 42.4 Å². The van der Waals surface area contributed by atoms with E-state index >= 15 is 0 Å². The highest BCUT2D eigenvalue weighted by atomic mass is 35.5. The van der Waals surface area contributed by atoms with Crippen molar-refractivity contribution in [1.82, 2.24) is 4.37 Å². The second kappa shape index (κ2) is 9.06. The summed E-state index contributed by atoms with van der Waals surface area (Å²) in [5.41, 5.74) is -0.0644. The van der Waals surface area contributed by atoms with E-state index in [0.29, 0.717) is 27.7 Å². The van der Waals surface area contributed by atoms with E-state index in [4.69, 9.17) is 23.2 Å². The maximum Gasteiger partial charge on any atom is 0.416 e. The van der Waals surface area contributed by atoms with Gasteiger partial charge in [0, 0.05) is 13.4 Å². The molecule has 158 valence electrons. The van der Waals surface area contributed by atoms with Crippen molar-refractivity contribution in [2.45, 2.75) is 26.4 Å². The lowest BCUT2D eigenvalue weighted by molar-refractivity contribution is -0.137. The average molecular weight is 460 g/mol. The third kappa shape index (κ3) is 5.12. The quantitative estimate of drug-likeness (QED) is 0.422. The van der Waals surface area contributed by atoms with Gasteiger partial charge >= 0.3 is 6.18 Å². The van der Waals surface area contributed by atoms with Gasteiger partial charge in [0.2, 0.25) is 5.91 Å².